The van der Waals surface area contributed by atoms with Crippen LogP contribution in [0.2, 0.25) is 0 Å². The van der Waals surface area contributed by atoms with E-state index >= 15 is 0 Å². The van der Waals surface area contributed by atoms with Gasteiger partial charge in [0.1, 0.15) is 5.72 Å². The average Bonchev–Trinajstić information content (AvgIpc) is 2.17. The Balaban J connectivity index is 2.20. The number of hydrogen-bond donors (Lipinski definition) is 0. The number of hydrogen-bond acceptors (Lipinski definition) is 2. The SMILES string of the molecule is CC1CC2COC(C)(C1)N2C. The van der Waals surface area contributed by atoms with E-state index in [0.29, 0.717) is 6.04 Å². The molecule has 2 heterocycles. The highest BCUT2D eigenvalue weighted by atomic mass is 16.5. The highest BCUT2D eigenvalue weighted by molar-refractivity contribution is 4.94. The summed E-state index contributed by atoms with van der Waals surface area (Å²) in [6, 6.07) is 0.684. The Bertz CT molecular complexity index is 171. The average molecular weight is 155 g/mol. The second-order valence-corrected chi connectivity index (χ2v) is 4.30. The lowest BCUT2D eigenvalue weighted by atomic mass is 9.88. The Morgan fingerprint density at radius 1 is 1.55 bits per heavy atom. The molecular weight excluding hydrogens is 138 g/mol. The Morgan fingerprint density at radius 3 is 2.91 bits per heavy atom. The molecule has 0 saturated carbocycles. The Hall–Kier alpha value is -0.0800. The van der Waals surface area contributed by atoms with Gasteiger partial charge in [0.2, 0.25) is 0 Å². The minimum Gasteiger partial charge on any atom is -0.359 e. The van der Waals surface area contributed by atoms with Gasteiger partial charge in [0.25, 0.3) is 0 Å². The van der Waals surface area contributed by atoms with Crippen LogP contribution in [-0.2, 0) is 4.74 Å². The van der Waals surface area contributed by atoms with Crippen LogP contribution in [0.15, 0.2) is 0 Å². The smallest absolute Gasteiger partial charge is 0.119 e. The van der Waals surface area contributed by atoms with Gasteiger partial charge in [-0.1, -0.05) is 6.92 Å². The van der Waals surface area contributed by atoms with Gasteiger partial charge < -0.3 is 4.74 Å². The van der Waals surface area contributed by atoms with Gasteiger partial charge in [-0.3, -0.25) is 4.90 Å². The van der Waals surface area contributed by atoms with E-state index in [1.165, 1.54) is 12.8 Å². The van der Waals surface area contributed by atoms with E-state index < -0.39 is 0 Å². The summed E-state index contributed by atoms with van der Waals surface area (Å²) < 4.78 is 5.77. The summed E-state index contributed by atoms with van der Waals surface area (Å²) in [6.45, 7) is 5.48. The lowest BCUT2D eigenvalue weighted by Crippen LogP contribution is -2.48. The van der Waals surface area contributed by atoms with Gasteiger partial charge in [-0.15, -0.1) is 0 Å². The maximum absolute atomic E-state index is 5.77. The summed E-state index contributed by atoms with van der Waals surface area (Å²) in [6.07, 6.45) is 2.51. The van der Waals surface area contributed by atoms with E-state index in [2.05, 4.69) is 25.8 Å². The van der Waals surface area contributed by atoms with Crippen molar-refractivity contribution >= 4 is 0 Å². The van der Waals surface area contributed by atoms with Crippen molar-refractivity contribution in [3.63, 3.8) is 0 Å². The Morgan fingerprint density at radius 2 is 2.27 bits per heavy atom. The number of nitrogens with zero attached hydrogens (tertiary/aromatic N) is 1. The summed E-state index contributed by atoms with van der Waals surface area (Å²) >= 11 is 0. The predicted octanol–water partition coefficient (Wildman–Crippen LogP) is 1.46. The van der Waals surface area contributed by atoms with E-state index in [9.17, 15) is 0 Å². The summed E-state index contributed by atoms with van der Waals surface area (Å²) in [5, 5.41) is 0. The molecule has 3 unspecified atom stereocenters. The van der Waals surface area contributed by atoms with Gasteiger partial charge in [-0.05, 0) is 32.7 Å². The van der Waals surface area contributed by atoms with Crippen molar-refractivity contribution in [2.24, 2.45) is 5.92 Å². The molecule has 2 aliphatic rings. The molecule has 3 atom stereocenters. The molecule has 0 spiro atoms. The lowest BCUT2D eigenvalue weighted by molar-refractivity contribution is -0.0864. The molecule has 2 nitrogen and oxygen atoms in total. The predicted molar refractivity (Wildman–Crippen MR) is 44.3 cm³/mol. The molecule has 2 rings (SSSR count). The molecule has 2 fully saturated rings. The van der Waals surface area contributed by atoms with E-state index in [4.69, 9.17) is 4.74 Å². The van der Waals surface area contributed by atoms with Crippen molar-refractivity contribution in [3.05, 3.63) is 0 Å². The fourth-order valence-corrected chi connectivity index (χ4v) is 2.50. The minimum absolute atomic E-state index is 0.0579. The van der Waals surface area contributed by atoms with Crippen LogP contribution in [-0.4, -0.2) is 30.3 Å². The number of rotatable bonds is 0. The molecule has 2 saturated heterocycles. The van der Waals surface area contributed by atoms with Crippen molar-refractivity contribution in [1.82, 2.24) is 4.90 Å². The molecule has 64 valence electrons. The van der Waals surface area contributed by atoms with Crippen molar-refractivity contribution in [2.75, 3.05) is 13.7 Å². The first-order valence-corrected chi connectivity index (χ1v) is 4.49. The largest absolute Gasteiger partial charge is 0.359 e. The maximum atomic E-state index is 5.77. The third-order valence-corrected chi connectivity index (χ3v) is 3.28. The van der Waals surface area contributed by atoms with Crippen LogP contribution < -0.4 is 0 Å². The topological polar surface area (TPSA) is 12.5 Å². The van der Waals surface area contributed by atoms with Crippen LogP contribution in [0.5, 0.6) is 0 Å². The minimum atomic E-state index is 0.0579. The molecule has 11 heavy (non-hydrogen) atoms. The van der Waals surface area contributed by atoms with Crippen molar-refractivity contribution in [1.29, 1.82) is 0 Å². The van der Waals surface area contributed by atoms with Crippen molar-refractivity contribution in [2.45, 2.75) is 38.5 Å². The molecule has 0 aliphatic carbocycles. The lowest BCUT2D eigenvalue weighted by Gasteiger charge is -2.40. The van der Waals surface area contributed by atoms with Gasteiger partial charge in [-0.2, -0.15) is 0 Å². The maximum Gasteiger partial charge on any atom is 0.119 e. The highest BCUT2D eigenvalue weighted by Gasteiger charge is 2.46. The molecular formula is C9H17NO. The number of likely N-dealkylation sites (N-methyl/N-ethyl adjacent to an activating group) is 1. The van der Waals surface area contributed by atoms with Crippen LogP contribution in [0.1, 0.15) is 26.7 Å². The van der Waals surface area contributed by atoms with Gasteiger partial charge in [0.05, 0.1) is 6.61 Å². The zero-order chi connectivity index (χ0) is 8.06. The van der Waals surface area contributed by atoms with E-state index in [0.717, 1.165) is 12.5 Å². The first-order chi connectivity index (χ1) is 5.12. The normalized spacial score (nSPS) is 51.5. The number of fused-ring (bicyclic) bond motifs is 2. The molecule has 2 heteroatoms. The van der Waals surface area contributed by atoms with Gasteiger partial charge >= 0.3 is 0 Å². The molecule has 0 aromatic heterocycles. The molecule has 0 N–H and O–H groups in total. The Kier molecular flexibility index (Phi) is 1.52. The number of ether oxygens (including phenoxy) is 1. The molecule has 0 radical (unpaired) electrons. The third kappa shape index (κ3) is 1.00. The summed E-state index contributed by atoms with van der Waals surface area (Å²) in [4.78, 5) is 2.40. The van der Waals surface area contributed by atoms with E-state index in [1.54, 1.807) is 0 Å². The first-order valence-electron chi connectivity index (χ1n) is 4.49. The molecule has 0 aromatic carbocycles. The number of piperidine rings is 1. The highest BCUT2D eigenvalue weighted by Crippen LogP contribution is 2.40. The molecule has 2 aliphatic heterocycles. The van der Waals surface area contributed by atoms with Crippen LogP contribution >= 0.6 is 0 Å². The Labute approximate surface area is 68.5 Å². The van der Waals surface area contributed by atoms with E-state index in [-0.39, 0.29) is 5.72 Å². The third-order valence-electron chi connectivity index (χ3n) is 3.28. The summed E-state index contributed by atoms with van der Waals surface area (Å²) in [5.41, 5.74) is 0.0579. The van der Waals surface area contributed by atoms with Crippen LogP contribution in [0.4, 0.5) is 0 Å². The van der Waals surface area contributed by atoms with Gasteiger partial charge in [0, 0.05) is 6.04 Å². The van der Waals surface area contributed by atoms with Crippen molar-refractivity contribution in [3.8, 4) is 0 Å². The van der Waals surface area contributed by atoms with Crippen LogP contribution in [0.25, 0.3) is 0 Å². The zero-order valence-corrected chi connectivity index (χ0v) is 7.63. The second-order valence-electron chi connectivity index (χ2n) is 4.30. The zero-order valence-electron chi connectivity index (χ0n) is 7.63. The quantitative estimate of drug-likeness (QED) is 0.525. The molecule has 2 bridgehead atoms. The van der Waals surface area contributed by atoms with Crippen molar-refractivity contribution < 1.29 is 4.74 Å². The van der Waals surface area contributed by atoms with Crippen LogP contribution in [0, 0.1) is 5.92 Å². The van der Waals surface area contributed by atoms with Gasteiger partial charge in [-0.25, -0.2) is 0 Å². The molecule has 0 aromatic rings. The standard InChI is InChI=1S/C9H17NO/c1-7-4-8-6-11-9(2,5-7)10(8)3/h7-8H,4-6H2,1-3H3. The van der Waals surface area contributed by atoms with E-state index in [1.807, 2.05) is 0 Å². The summed E-state index contributed by atoms with van der Waals surface area (Å²) in [7, 11) is 2.18. The first kappa shape index (κ1) is 7.56. The fourth-order valence-electron chi connectivity index (χ4n) is 2.50. The second kappa shape index (κ2) is 2.20. The van der Waals surface area contributed by atoms with Crippen LogP contribution in [0.3, 0.4) is 0 Å². The monoisotopic (exact) mass is 155 g/mol. The summed E-state index contributed by atoms with van der Waals surface area (Å²) in [5.74, 6) is 0.837. The van der Waals surface area contributed by atoms with Gasteiger partial charge in [0.15, 0.2) is 0 Å². The molecule has 0 amide bonds. The fraction of sp³-hybridized carbons (Fsp3) is 1.00.